The Bertz CT molecular complexity index is 1190. The maximum absolute atomic E-state index is 15.3. The number of thioether (sulfide) groups is 1. The molecule has 2 aromatic rings. The molecule has 2 aromatic carbocycles. The van der Waals surface area contributed by atoms with Gasteiger partial charge in [0.1, 0.15) is 0 Å². The molecule has 12 heteroatoms. The van der Waals surface area contributed by atoms with E-state index in [2.05, 4.69) is 5.48 Å². The van der Waals surface area contributed by atoms with E-state index in [-0.39, 0.29) is 51.2 Å². The summed E-state index contributed by atoms with van der Waals surface area (Å²) in [4.78, 5) is 18.9. The summed E-state index contributed by atoms with van der Waals surface area (Å²) in [6.07, 6.45) is -3.99. The molecule has 2 saturated heterocycles. The number of halogens is 7. The van der Waals surface area contributed by atoms with Gasteiger partial charge in [0.15, 0.2) is 5.67 Å². The number of nitrogens with zero attached hydrogens (tertiary/aromatic N) is 1. The van der Waals surface area contributed by atoms with Crippen molar-refractivity contribution in [2.24, 2.45) is 5.92 Å². The van der Waals surface area contributed by atoms with Crippen LogP contribution in [0.1, 0.15) is 16.7 Å². The Morgan fingerprint density at radius 1 is 1.06 bits per heavy atom. The highest BCUT2D eigenvalue weighted by molar-refractivity contribution is 8.00. The van der Waals surface area contributed by atoms with Gasteiger partial charge in [-0.1, -0.05) is 59.1 Å². The van der Waals surface area contributed by atoms with E-state index in [1.165, 1.54) is 29.2 Å². The first-order chi connectivity index (χ1) is 16.4. The van der Waals surface area contributed by atoms with Gasteiger partial charge in [-0.25, -0.2) is 4.39 Å². The predicted molar refractivity (Wildman–Crippen MR) is 128 cm³/mol. The van der Waals surface area contributed by atoms with Gasteiger partial charge in [0.2, 0.25) is 11.5 Å². The lowest BCUT2D eigenvalue weighted by Crippen LogP contribution is -2.61. The van der Waals surface area contributed by atoms with Crippen LogP contribution in [0, 0.1) is 5.92 Å². The van der Waals surface area contributed by atoms with Gasteiger partial charge in [-0.05, 0) is 29.3 Å². The molecule has 3 aliphatic rings. The molecule has 0 aliphatic carbocycles. The van der Waals surface area contributed by atoms with Gasteiger partial charge in [-0.3, -0.25) is 15.1 Å². The molecule has 1 atom stereocenters. The lowest BCUT2D eigenvalue weighted by atomic mass is 9.86. The van der Waals surface area contributed by atoms with Crippen LogP contribution in [0.25, 0.3) is 5.70 Å². The fourth-order valence-electron chi connectivity index (χ4n) is 4.24. The third-order valence-corrected chi connectivity index (χ3v) is 8.87. The van der Waals surface area contributed by atoms with Crippen LogP contribution in [0.3, 0.4) is 0 Å². The summed E-state index contributed by atoms with van der Waals surface area (Å²) < 4.78 is 57.9. The van der Waals surface area contributed by atoms with Crippen molar-refractivity contribution < 1.29 is 27.2 Å². The molecule has 5 rings (SSSR count). The standard InChI is InChI=1S/C23H17Cl3F4N2O2S/c24-16-5-15(6-17(25)19(16)26)22(23(28,29)30)7-18(31-34-22)12-1-3-14(4-2-12)21(27)10-32(11-21)20(33)13-8-35-9-13/h1-7,13,31H,8-11H2. The highest BCUT2D eigenvalue weighted by atomic mass is 35.5. The summed E-state index contributed by atoms with van der Waals surface area (Å²) in [7, 11) is 0. The molecule has 0 saturated carbocycles. The molecule has 0 spiro atoms. The largest absolute Gasteiger partial charge is 0.428 e. The number of rotatable bonds is 4. The summed E-state index contributed by atoms with van der Waals surface area (Å²) in [5, 5.41) is -0.363. The van der Waals surface area contributed by atoms with E-state index in [1.54, 1.807) is 11.8 Å². The first kappa shape index (κ1) is 25.0. The highest BCUT2D eigenvalue weighted by Gasteiger charge is 2.60. The summed E-state index contributed by atoms with van der Waals surface area (Å²) in [6.45, 7) is -0.0721. The van der Waals surface area contributed by atoms with Crippen molar-refractivity contribution in [3.63, 3.8) is 0 Å². The van der Waals surface area contributed by atoms with Crippen molar-refractivity contribution in [2.45, 2.75) is 17.4 Å². The number of hydroxylamine groups is 1. The van der Waals surface area contributed by atoms with Gasteiger partial charge < -0.3 is 4.90 Å². The summed E-state index contributed by atoms with van der Waals surface area (Å²) in [6, 6.07) is 8.10. The SMILES string of the molecule is O=C(C1CSC1)N1CC(F)(c2ccc(C3=CC(c4cc(Cl)c(Cl)c(Cl)c4)(C(F)(F)F)ON3)cc2)C1. The van der Waals surface area contributed by atoms with Crippen molar-refractivity contribution in [2.75, 3.05) is 24.6 Å². The normalized spacial score (nSPS) is 23.9. The summed E-state index contributed by atoms with van der Waals surface area (Å²) in [5.41, 5.74) is -1.83. The second-order valence-electron chi connectivity index (χ2n) is 8.72. The average Bonchev–Trinajstić information content (AvgIpc) is 3.21. The Kier molecular flexibility index (Phi) is 6.24. The lowest BCUT2D eigenvalue weighted by Gasteiger charge is -2.46. The first-order valence-electron chi connectivity index (χ1n) is 10.5. The molecule has 4 nitrogen and oxygen atoms in total. The monoisotopic (exact) mass is 566 g/mol. The molecule has 186 valence electrons. The van der Waals surface area contributed by atoms with Crippen molar-refractivity contribution in [3.8, 4) is 0 Å². The second-order valence-corrected chi connectivity index (χ2v) is 11.0. The molecule has 3 heterocycles. The van der Waals surface area contributed by atoms with E-state index < -0.39 is 17.4 Å². The van der Waals surface area contributed by atoms with Gasteiger partial charge >= 0.3 is 6.18 Å². The average molecular weight is 568 g/mol. The second kappa shape index (κ2) is 8.73. The number of carbonyl (C=O) groups excluding carboxylic acids is 1. The maximum Gasteiger partial charge on any atom is 0.428 e. The fourth-order valence-corrected chi connectivity index (χ4v) is 5.59. The Balaban J connectivity index is 1.39. The quantitative estimate of drug-likeness (QED) is 0.345. The van der Waals surface area contributed by atoms with Crippen LogP contribution >= 0.6 is 46.6 Å². The van der Waals surface area contributed by atoms with E-state index >= 15 is 4.39 Å². The third kappa shape index (κ3) is 4.19. The van der Waals surface area contributed by atoms with E-state index in [0.29, 0.717) is 11.1 Å². The molecule has 0 radical (unpaired) electrons. The minimum absolute atomic E-state index is 0.0306. The zero-order valence-corrected chi connectivity index (χ0v) is 20.8. The van der Waals surface area contributed by atoms with Crippen molar-refractivity contribution in [3.05, 3.63) is 74.2 Å². The van der Waals surface area contributed by atoms with Gasteiger partial charge in [0, 0.05) is 17.1 Å². The number of benzene rings is 2. The Labute approximate surface area is 217 Å². The topological polar surface area (TPSA) is 41.6 Å². The van der Waals surface area contributed by atoms with Crippen LogP contribution in [-0.4, -0.2) is 41.6 Å². The number of hydrogen-bond acceptors (Lipinski definition) is 4. The fraction of sp³-hybridized carbons (Fsp3) is 0.348. The Morgan fingerprint density at radius 2 is 1.66 bits per heavy atom. The molecule has 35 heavy (non-hydrogen) atoms. The van der Waals surface area contributed by atoms with E-state index in [1.807, 2.05) is 0 Å². The Hall–Kier alpha value is -1.65. The molecule has 3 aliphatic heterocycles. The molecule has 0 bridgehead atoms. The molecule has 2 fully saturated rings. The minimum atomic E-state index is -4.87. The number of alkyl halides is 4. The van der Waals surface area contributed by atoms with Crippen LogP contribution in [-0.2, 0) is 20.9 Å². The predicted octanol–water partition coefficient (Wildman–Crippen LogP) is 6.35. The van der Waals surface area contributed by atoms with Crippen LogP contribution in [0.4, 0.5) is 17.6 Å². The molecule has 0 aromatic heterocycles. The van der Waals surface area contributed by atoms with Crippen LogP contribution in [0.2, 0.25) is 15.1 Å². The molecule has 1 N–H and O–H groups in total. The number of carbonyl (C=O) groups is 1. The number of likely N-dealkylation sites (tertiary alicyclic amines) is 1. The van der Waals surface area contributed by atoms with Crippen LogP contribution in [0.15, 0.2) is 42.5 Å². The minimum Gasteiger partial charge on any atom is -0.335 e. The third-order valence-electron chi connectivity index (χ3n) is 6.40. The number of nitrogens with one attached hydrogen (secondary N) is 1. The van der Waals surface area contributed by atoms with Crippen molar-refractivity contribution in [1.29, 1.82) is 0 Å². The van der Waals surface area contributed by atoms with Crippen molar-refractivity contribution >= 4 is 58.2 Å². The zero-order chi connectivity index (χ0) is 25.2. The Morgan fingerprint density at radius 3 is 2.17 bits per heavy atom. The molecular formula is C23H17Cl3F4N2O2S. The van der Waals surface area contributed by atoms with E-state index in [9.17, 15) is 18.0 Å². The lowest BCUT2D eigenvalue weighted by molar-refractivity contribution is -0.269. The molecule has 1 unspecified atom stereocenters. The number of hydrogen-bond donors (Lipinski definition) is 1. The summed E-state index contributed by atoms with van der Waals surface area (Å²) in [5.74, 6) is 1.46. The summed E-state index contributed by atoms with van der Waals surface area (Å²) >= 11 is 19.5. The van der Waals surface area contributed by atoms with Crippen LogP contribution in [0.5, 0.6) is 0 Å². The van der Waals surface area contributed by atoms with Gasteiger partial charge in [0.05, 0.1) is 39.8 Å². The number of amides is 1. The van der Waals surface area contributed by atoms with Crippen LogP contribution < -0.4 is 5.48 Å². The molecular weight excluding hydrogens is 551 g/mol. The maximum atomic E-state index is 15.3. The highest BCUT2D eigenvalue weighted by Crippen LogP contribution is 2.49. The zero-order valence-electron chi connectivity index (χ0n) is 17.8. The van der Waals surface area contributed by atoms with Gasteiger partial charge in [-0.15, -0.1) is 0 Å². The van der Waals surface area contributed by atoms with Gasteiger partial charge in [-0.2, -0.15) is 24.9 Å². The van der Waals surface area contributed by atoms with Gasteiger partial charge in [0.25, 0.3) is 0 Å². The van der Waals surface area contributed by atoms with Crippen molar-refractivity contribution in [1.82, 2.24) is 10.4 Å². The van der Waals surface area contributed by atoms with E-state index in [0.717, 1.165) is 29.7 Å². The molecule has 1 amide bonds. The smallest absolute Gasteiger partial charge is 0.335 e. The van der Waals surface area contributed by atoms with E-state index in [4.69, 9.17) is 39.6 Å². The first-order valence-corrected chi connectivity index (χ1v) is 12.8.